The predicted octanol–water partition coefficient (Wildman–Crippen LogP) is 3.60. The van der Waals surface area contributed by atoms with E-state index in [1.807, 2.05) is 12.1 Å². The normalized spacial score (nSPS) is 14.9. The summed E-state index contributed by atoms with van der Waals surface area (Å²) in [5.41, 5.74) is 1.16. The SMILES string of the molecule is CCC(C)C(COC)c1ccc(F)cc1. The monoisotopic (exact) mass is 210 g/mol. The average Bonchev–Trinajstić information content (AvgIpc) is 2.26. The van der Waals surface area contributed by atoms with Gasteiger partial charge in [-0.25, -0.2) is 4.39 Å². The van der Waals surface area contributed by atoms with E-state index in [1.54, 1.807) is 7.11 Å². The molecule has 1 nitrogen and oxygen atoms in total. The molecule has 0 aliphatic carbocycles. The van der Waals surface area contributed by atoms with Crippen molar-refractivity contribution in [3.8, 4) is 0 Å². The zero-order chi connectivity index (χ0) is 11.3. The van der Waals surface area contributed by atoms with Crippen LogP contribution in [0, 0.1) is 11.7 Å². The fourth-order valence-corrected chi connectivity index (χ4v) is 1.76. The fraction of sp³-hybridized carbons (Fsp3) is 0.538. The van der Waals surface area contributed by atoms with Crippen molar-refractivity contribution in [1.82, 2.24) is 0 Å². The van der Waals surface area contributed by atoms with Crippen LogP contribution in [-0.2, 0) is 4.74 Å². The van der Waals surface area contributed by atoms with Crippen LogP contribution in [0.2, 0.25) is 0 Å². The van der Waals surface area contributed by atoms with Crippen LogP contribution in [-0.4, -0.2) is 13.7 Å². The molecule has 0 saturated heterocycles. The molecule has 2 atom stereocenters. The van der Waals surface area contributed by atoms with Crippen LogP contribution in [0.5, 0.6) is 0 Å². The molecule has 0 N–H and O–H groups in total. The molecule has 0 amide bonds. The molecule has 0 aromatic heterocycles. The van der Waals surface area contributed by atoms with Gasteiger partial charge in [0.05, 0.1) is 6.61 Å². The van der Waals surface area contributed by atoms with Gasteiger partial charge in [0.1, 0.15) is 5.82 Å². The molecule has 0 heterocycles. The van der Waals surface area contributed by atoms with Crippen molar-refractivity contribution in [3.05, 3.63) is 35.6 Å². The smallest absolute Gasteiger partial charge is 0.123 e. The maximum Gasteiger partial charge on any atom is 0.123 e. The van der Waals surface area contributed by atoms with E-state index in [1.165, 1.54) is 12.1 Å². The first-order chi connectivity index (χ1) is 7.19. The van der Waals surface area contributed by atoms with Gasteiger partial charge in [0.25, 0.3) is 0 Å². The molecular formula is C13H19FO. The Labute approximate surface area is 91.3 Å². The van der Waals surface area contributed by atoms with Crippen LogP contribution < -0.4 is 0 Å². The third-order valence-corrected chi connectivity index (χ3v) is 2.98. The molecule has 2 unspecified atom stereocenters. The summed E-state index contributed by atoms with van der Waals surface area (Å²) >= 11 is 0. The van der Waals surface area contributed by atoms with Crippen molar-refractivity contribution in [1.29, 1.82) is 0 Å². The lowest BCUT2D eigenvalue weighted by atomic mass is 9.86. The molecule has 0 saturated carbocycles. The standard InChI is InChI=1S/C13H19FO/c1-4-10(2)13(9-15-3)11-5-7-12(14)8-6-11/h5-8,10,13H,4,9H2,1-3H3. The van der Waals surface area contributed by atoms with Crippen molar-refractivity contribution in [2.24, 2.45) is 5.92 Å². The average molecular weight is 210 g/mol. The number of rotatable bonds is 5. The number of hydrogen-bond acceptors (Lipinski definition) is 1. The molecule has 0 bridgehead atoms. The second-order valence-corrected chi connectivity index (χ2v) is 4.00. The Balaban J connectivity index is 2.83. The van der Waals surface area contributed by atoms with E-state index in [0.717, 1.165) is 12.0 Å². The molecule has 0 aliphatic heterocycles. The number of halogens is 1. The first-order valence-corrected chi connectivity index (χ1v) is 5.43. The van der Waals surface area contributed by atoms with E-state index in [9.17, 15) is 4.39 Å². The predicted molar refractivity (Wildman–Crippen MR) is 60.5 cm³/mol. The zero-order valence-corrected chi connectivity index (χ0v) is 9.66. The first-order valence-electron chi connectivity index (χ1n) is 5.43. The summed E-state index contributed by atoms with van der Waals surface area (Å²) in [4.78, 5) is 0. The highest BCUT2D eigenvalue weighted by Gasteiger charge is 2.17. The minimum absolute atomic E-state index is 0.181. The van der Waals surface area contributed by atoms with E-state index in [4.69, 9.17) is 4.74 Å². The highest BCUT2D eigenvalue weighted by molar-refractivity contribution is 5.21. The molecule has 0 aliphatic rings. The van der Waals surface area contributed by atoms with Gasteiger partial charge < -0.3 is 4.74 Å². The van der Waals surface area contributed by atoms with Crippen molar-refractivity contribution >= 4 is 0 Å². The van der Waals surface area contributed by atoms with Crippen LogP contribution in [0.1, 0.15) is 31.7 Å². The molecule has 1 aromatic carbocycles. The quantitative estimate of drug-likeness (QED) is 0.721. The molecule has 0 radical (unpaired) electrons. The summed E-state index contributed by atoms with van der Waals surface area (Å²) < 4.78 is 18.0. The first kappa shape index (κ1) is 12.2. The molecular weight excluding hydrogens is 191 g/mol. The van der Waals surface area contributed by atoms with E-state index in [-0.39, 0.29) is 5.82 Å². The number of methoxy groups -OCH3 is 1. The van der Waals surface area contributed by atoms with Gasteiger partial charge in [-0.2, -0.15) is 0 Å². The Hall–Kier alpha value is -0.890. The number of benzene rings is 1. The van der Waals surface area contributed by atoms with Gasteiger partial charge in [-0.1, -0.05) is 32.4 Å². The highest BCUT2D eigenvalue weighted by atomic mass is 19.1. The maximum absolute atomic E-state index is 12.8. The summed E-state index contributed by atoms with van der Waals surface area (Å²) in [5, 5.41) is 0. The Morgan fingerprint density at radius 2 is 1.87 bits per heavy atom. The molecule has 1 rings (SSSR count). The van der Waals surface area contributed by atoms with Gasteiger partial charge >= 0.3 is 0 Å². The van der Waals surface area contributed by atoms with Gasteiger partial charge in [-0.15, -0.1) is 0 Å². The second-order valence-electron chi connectivity index (χ2n) is 4.00. The Morgan fingerprint density at radius 3 is 2.33 bits per heavy atom. The van der Waals surface area contributed by atoms with Gasteiger partial charge in [-0.3, -0.25) is 0 Å². The van der Waals surface area contributed by atoms with Crippen LogP contribution in [0.25, 0.3) is 0 Å². The minimum Gasteiger partial charge on any atom is -0.384 e. The lowest BCUT2D eigenvalue weighted by Gasteiger charge is -2.22. The number of hydrogen-bond donors (Lipinski definition) is 0. The van der Waals surface area contributed by atoms with Gasteiger partial charge in [0, 0.05) is 13.0 Å². The molecule has 0 spiro atoms. The molecule has 84 valence electrons. The summed E-state index contributed by atoms with van der Waals surface area (Å²) in [5.74, 6) is 0.732. The fourth-order valence-electron chi connectivity index (χ4n) is 1.76. The van der Waals surface area contributed by atoms with E-state index < -0.39 is 0 Å². The maximum atomic E-state index is 12.8. The summed E-state index contributed by atoms with van der Waals surface area (Å²) in [7, 11) is 1.71. The zero-order valence-electron chi connectivity index (χ0n) is 9.66. The van der Waals surface area contributed by atoms with Crippen LogP contribution in [0.15, 0.2) is 24.3 Å². The number of ether oxygens (including phenoxy) is 1. The Kier molecular flexibility index (Phi) is 4.76. The van der Waals surface area contributed by atoms with Crippen molar-refractivity contribution in [2.45, 2.75) is 26.2 Å². The van der Waals surface area contributed by atoms with Crippen LogP contribution in [0.4, 0.5) is 4.39 Å². The third kappa shape index (κ3) is 3.31. The largest absolute Gasteiger partial charge is 0.384 e. The lowest BCUT2D eigenvalue weighted by Crippen LogP contribution is -2.14. The second kappa shape index (κ2) is 5.86. The van der Waals surface area contributed by atoms with Gasteiger partial charge in [0.2, 0.25) is 0 Å². The van der Waals surface area contributed by atoms with Crippen LogP contribution >= 0.6 is 0 Å². The van der Waals surface area contributed by atoms with Crippen molar-refractivity contribution in [2.75, 3.05) is 13.7 Å². The van der Waals surface area contributed by atoms with Crippen molar-refractivity contribution < 1.29 is 9.13 Å². The summed E-state index contributed by atoms with van der Waals surface area (Å²) in [6, 6.07) is 6.73. The molecule has 2 heteroatoms. The van der Waals surface area contributed by atoms with E-state index in [2.05, 4.69) is 13.8 Å². The highest BCUT2D eigenvalue weighted by Crippen LogP contribution is 2.27. The molecule has 15 heavy (non-hydrogen) atoms. The minimum atomic E-state index is -0.181. The third-order valence-electron chi connectivity index (χ3n) is 2.98. The van der Waals surface area contributed by atoms with Crippen LogP contribution in [0.3, 0.4) is 0 Å². The summed E-state index contributed by atoms with van der Waals surface area (Å²) in [6.07, 6.45) is 1.10. The topological polar surface area (TPSA) is 9.23 Å². The molecule has 0 fully saturated rings. The van der Waals surface area contributed by atoms with E-state index in [0.29, 0.717) is 18.4 Å². The van der Waals surface area contributed by atoms with E-state index >= 15 is 0 Å². The summed E-state index contributed by atoms with van der Waals surface area (Å²) in [6.45, 7) is 5.06. The Bertz CT molecular complexity index is 281. The molecule has 1 aromatic rings. The van der Waals surface area contributed by atoms with Gasteiger partial charge in [0.15, 0.2) is 0 Å². The van der Waals surface area contributed by atoms with Crippen molar-refractivity contribution in [3.63, 3.8) is 0 Å². The lowest BCUT2D eigenvalue weighted by molar-refractivity contribution is 0.158. The Morgan fingerprint density at radius 1 is 1.27 bits per heavy atom. The van der Waals surface area contributed by atoms with Gasteiger partial charge in [-0.05, 0) is 23.6 Å².